The average Bonchev–Trinajstić information content (AvgIpc) is 2.96. The maximum atomic E-state index is 12.6. The molecule has 2 heterocycles. The van der Waals surface area contributed by atoms with E-state index in [2.05, 4.69) is 26.3 Å². The molecule has 2 aliphatic rings. The minimum Gasteiger partial charge on any atom is -0.379 e. The van der Waals surface area contributed by atoms with Gasteiger partial charge in [-0.15, -0.1) is 0 Å². The molecule has 0 bridgehead atoms. The molecule has 39 heavy (non-hydrogen) atoms. The fourth-order valence-electron chi connectivity index (χ4n) is 5.28. The van der Waals surface area contributed by atoms with Gasteiger partial charge >= 0.3 is 0 Å². The topological polar surface area (TPSA) is 108 Å². The Morgan fingerprint density at radius 3 is 2.33 bits per heavy atom. The zero-order valence-electron chi connectivity index (χ0n) is 22.3. The van der Waals surface area contributed by atoms with Crippen molar-refractivity contribution in [3.63, 3.8) is 0 Å². The van der Waals surface area contributed by atoms with Crippen molar-refractivity contribution >= 4 is 46.0 Å². The number of nitrogens with zero attached hydrogens (tertiary/aromatic N) is 3. The number of morpholine rings is 1. The summed E-state index contributed by atoms with van der Waals surface area (Å²) >= 11 is 0. The molecule has 1 aliphatic carbocycles. The van der Waals surface area contributed by atoms with Crippen LogP contribution in [0.4, 0.5) is 11.8 Å². The van der Waals surface area contributed by atoms with Gasteiger partial charge in [-0.2, -0.15) is 4.98 Å². The number of anilines is 2. The van der Waals surface area contributed by atoms with Gasteiger partial charge in [0, 0.05) is 44.7 Å². The van der Waals surface area contributed by atoms with Gasteiger partial charge in [0.25, 0.3) is 0 Å². The van der Waals surface area contributed by atoms with Crippen LogP contribution in [0.3, 0.4) is 0 Å². The zero-order chi connectivity index (χ0) is 27.1. The van der Waals surface area contributed by atoms with Crippen molar-refractivity contribution in [2.75, 3.05) is 63.1 Å². The molecule has 3 aromatic rings. The molecule has 5 rings (SSSR count). The highest BCUT2D eigenvalue weighted by Crippen LogP contribution is 2.29. The van der Waals surface area contributed by atoms with Crippen molar-refractivity contribution in [1.29, 1.82) is 0 Å². The van der Waals surface area contributed by atoms with Crippen LogP contribution in [0, 0.1) is 11.8 Å². The van der Waals surface area contributed by atoms with E-state index in [1.807, 2.05) is 18.2 Å². The van der Waals surface area contributed by atoms with E-state index in [1.165, 1.54) is 0 Å². The van der Waals surface area contributed by atoms with E-state index < -0.39 is 10.0 Å². The second kappa shape index (κ2) is 13.1. The minimum absolute atomic E-state index is 0.250. The lowest BCUT2D eigenvalue weighted by molar-refractivity contribution is 0.0398. The lowest BCUT2D eigenvalue weighted by Gasteiger charge is -2.28. The standard InChI is InChI=1S/C28H37BN6O3S/c29-23-9-11-24(12-10-23)39(36,37)32-20-22-7-5-21(6-8-22)19-31-28-33-26-4-2-1-3-25(26)27(34-28)30-13-14-35-15-17-38-18-16-35/h1-4,9-12,21-22,32H,5-8,13-20H2,(H2,30,31,33,34). The first-order valence-electron chi connectivity index (χ1n) is 13.9. The van der Waals surface area contributed by atoms with Gasteiger partial charge in [-0.1, -0.05) is 29.7 Å². The van der Waals surface area contributed by atoms with Crippen LogP contribution in [-0.4, -0.2) is 83.6 Å². The number of hydrogen-bond acceptors (Lipinski definition) is 8. The molecule has 0 atom stereocenters. The second-order valence-electron chi connectivity index (χ2n) is 10.5. The number of rotatable bonds is 11. The third kappa shape index (κ3) is 7.69. The molecule has 1 aromatic heterocycles. The number of para-hydroxylation sites is 1. The van der Waals surface area contributed by atoms with Crippen molar-refractivity contribution in [1.82, 2.24) is 19.6 Å². The maximum Gasteiger partial charge on any atom is 0.240 e. The highest BCUT2D eigenvalue weighted by molar-refractivity contribution is 7.89. The fraction of sp³-hybridized carbons (Fsp3) is 0.500. The van der Waals surface area contributed by atoms with Crippen molar-refractivity contribution < 1.29 is 13.2 Å². The van der Waals surface area contributed by atoms with Crippen LogP contribution < -0.4 is 20.8 Å². The molecule has 2 radical (unpaired) electrons. The molecular formula is C28H37BN6O3S. The number of sulfonamides is 1. The van der Waals surface area contributed by atoms with Gasteiger partial charge in [0.1, 0.15) is 13.7 Å². The Morgan fingerprint density at radius 2 is 1.59 bits per heavy atom. The van der Waals surface area contributed by atoms with Crippen molar-refractivity contribution in [2.24, 2.45) is 11.8 Å². The number of benzene rings is 2. The lowest BCUT2D eigenvalue weighted by atomic mass is 9.82. The summed E-state index contributed by atoms with van der Waals surface area (Å²) in [5, 5.41) is 8.02. The van der Waals surface area contributed by atoms with Crippen molar-refractivity contribution in [3.05, 3.63) is 48.5 Å². The van der Waals surface area contributed by atoms with Crippen LogP contribution in [0.15, 0.2) is 53.4 Å². The lowest BCUT2D eigenvalue weighted by Crippen LogP contribution is -2.39. The fourth-order valence-corrected chi connectivity index (χ4v) is 6.40. The molecule has 206 valence electrons. The molecule has 0 spiro atoms. The molecule has 1 aliphatic heterocycles. The van der Waals surface area contributed by atoms with E-state index in [0.717, 1.165) is 88.3 Å². The smallest absolute Gasteiger partial charge is 0.240 e. The molecular weight excluding hydrogens is 511 g/mol. The first-order chi connectivity index (χ1) is 19.0. The molecule has 0 amide bonds. The normalized spacial score (nSPS) is 20.6. The first kappa shape index (κ1) is 27.8. The Bertz CT molecular complexity index is 1330. The zero-order valence-corrected chi connectivity index (χ0v) is 23.1. The monoisotopic (exact) mass is 548 g/mol. The largest absolute Gasteiger partial charge is 0.379 e. The van der Waals surface area contributed by atoms with Gasteiger partial charge in [0.2, 0.25) is 16.0 Å². The molecule has 3 N–H and O–H groups in total. The predicted octanol–water partition coefficient (Wildman–Crippen LogP) is 2.36. The van der Waals surface area contributed by atoms with Gasteiger partial charge in [-0.3, -0.25) is 4.90 Å². The Kier molecular flexibility index (Phi) is 9.34. The van der Waals surface area contributed by atoms with E-state index in [9.17, 15) is 8.42 Å². The number of nitrogens with one attached hydrogen (secondary N) is 3. The van der Waals surface area contributed by atoms with Crippen molar-refractivity contribution in [3.8, 4) is 0 Å². The number of hydrogen-bond donors (Lipinski definition) is 3. The summed E-state index contributed by atoms with van der Waals surface area (Å²) in [7, 11) is 2.16. The van der Waals surface area contributed by atoms with Gasteiger partial charge in [-0.25, -0.2) is 18.1 Å². The van der Waals surface area contributed by atoms with Crippen LogP contribution in [0.25, 0.3) is 10.9 Å². The summed E-state index contributed by atoms with van der Waals surface area (Å²) in [5.74, 6) is 2.33. The highest BCUT2D eigenvalue weighted by atomic mass is 32.2. The van der Waals surface area contributed by atoms with E-state index >= 15 is 0 Å². The second-order valence-corrected chi connectivity index (χ2v) is 12.2. The van der Waals surface area contributed by atoms with Crippen LogP contribution in [-0.2, 0) is 14.8 Å². The first-order valence-corrected chi connectivity index (χ1v) is 15.3. The molecule has 1 saturated heterocycles. The van der Waals surface area contributed by atoms with Gasteiger partial charge in [-0.05, 0) is 61.8 Å². The van der Waals surface area contributed by atoms with Crippen LogP contribution in [0.2, 0.25) is 0 Å². The molecule has 2 fully saturated rings. The third-order valence-corrected chi connectivity index (χ3v) is 9.13. The summed E-state index contributed by atoms with van der Waals surface area (Å²) in [4.78, 5) is 12.2. The SMILES string of the molecule is [B]c1ccc(S(=O)(=O)NCC2CCC(CNc3nc(NCCN4CCOCC4)c4ccccc4n3)CC2)cc1. The van der Waals surface area contributed by atoms with E-state index in [0.29, 0.717) is 29.8 Å². The molecule has 9 nitrogen and oxygen atoms in total. The van der Waals surface area contributed by atoms with Crippen LogP contribution in [0.5, 0.6) is 0 Å². The van der Waals surface area contributed by atoms with E-state index in [1.54, 1.807) is 24.3 Å². The summed E-state index contributed by atoms with van der Waals surface area (Å²) in [5.41, 5.74) is 1.47. The summed E-state index contributed by atoms with van der Waals surface area (Å²) in [6, 6.07) is 14.4. The minimum atomic E-state index is -3.52. The van der Waals surface area contributed by atoms with Crippen LogP contribution in [0.1, 0.15) is 25.7 Å². The number of aromatic nitrogens is 2. The number of fused-ring (bicyclic) bond motifs is 1. The summed E-state index contributed by atoms with van der Waals surface area (Å²) < 4.78 is 33.4. The average molecular weight is 549 g/mol. The molecule has 2 aromatic carbocycles. The molecule has 0 unspecified atom stereocenters. The van der Waals surface area contributed by atoms with E-state index in [-0.39, 0.29) is 4.90 Å². The highest BCUT2D eigenvalue weighted by Gasteiger charge is 2.23. The van der Waals surface area contributed by atoms with Crippen LogP contribution >= 0.6 is 0 Å². The van der Waals surface area contributed by atoms with E-state index in [4.69, 9.17) is 22.6 Å². The Hall–Kier alpha value is -2.73. The predicted molar refractivity (Wildman–Crippen MR) is 156 cm³/mol. The molecule has 1 saturated carbocycles. The van der Waals surface area contributed by atoms with Crippen molar-refractivity contribution in [2.45, 2.75) is 30.6 Å². The van der Waals surface area contributed by atoms with Gasteiger partial charge < -0.3 is 15.4 Å². The molecule has 11 heteroatoms. The van der Waals surface area contributed by atoms with Gasteiger partial charge in [0.05, 0.1) is 23.6 Å². The number of ether oxygens (including phenoxy) is 1. The third-order valence-electron chi connectivity index (χ3n) is 7.70. The summed E-state index contributed by atoms with van der Waals surface area (Å²) in [6.07, 6.45) is 4.06. The Labute approximate surface area is 232 Å². The Balaban J connectivity index is 1.10. The Morgan fingerprint density at radius 1 is 0.897 bits per heavy atom. The quantitative estimate of drug-likeness (QED) is 0.314. The summed E-state index contributed by atoms with van der Waals surface area (Å²) in [6.45, 7) is 6.55. The maximum absolute atomic E-state index is 12.6. The van der Waals surface area contributed by atoms with Gasteiger partial charge in [0.15, 0.2) is 0 Å².